The molecule has 0 spiro atoms. The average Bonchev–Trinajstić information content (AvgIpc) is 3.21. The van der Waals surface area contributed by atoms with Gasteiger partial charge in [-0.25, -0.2) is 0 Å². The van der Waals surface area contributed by atoms with Crippen molar-refractivity contribution in [2.45, 2.75) is 52.1 Å². The lowest BCUT2D eigenvalue weighted by molar-refractivity contribution is 0.0996. The molecule has 154 valence electrons. The number of hydrogen-bond donors (Lipinski definition) is 3. The van der Waals surface area contributed by atoms with Crippen molar-refractivity contribution in [3.8, 4) is 0 Å². The van der Waals surface area contributed by atoms with E-state index in [1.165, 1.54) is 25.5 Å². The zero-order chi connectivity index (χ0) is 19.5. The summed E-state index contributed by atoms with van der Waals surface area (Å²) in [5.74, 6) is 0.838. The molecular formula is C21H31IN4O2. The van der Waals surface area contributed by atoms with Crippen LogP contribution < -0.4 is 16.0 Å². The molecule has 28 heavy (non-hydrogen) atoms. The molecule has 1 heterocycles. The standard InChI is InChI=1S/C21H30N4O2.HI/c1-4-5-6-8-16(2)24-21(22-3)23-15-17-10-12-18(13-11-17)25-20(26)19-9-7-14-27-19;/h7,9-14,16H,4-6,8,15H2,1-3H3,(H,25,26)(H2,22,23,24);1H. The minimum Gasteiger partial charge on any atom is -0.459 e. The van der Waals surface area contributed by atoms with Crippen molar-refractivity contribution >= 4 is 41.5 Å². The van der Waals surface area contributed by atoms with Gasteiger partial charge < -0.3 is 20.4 Å². The van der Waals surface area contributed by atoms with Crippen molar-refractivity contribution in [3.05, 3.63) is 54.0 Å². The number of carbonyl (C=O) groups is 1. The van der Waals surface area contributed by atoms with Gasteiger partial charge in [0.15, 0.2) is 11.7 Å². The first-order chi connectivity index (χ1) is 13.1. The summed E-state index contributed by atoms with van der Waals surface area (Å²) in [5.41, 5.74) is 1.83. The van der Waals surface area contributed by atoms with Crippen LogP contribution in [0.15, 0.2) is 52.1 Å². The molecule has 2 aromatic rings. The van der Waals surface area contributed by atoms with Crippen LogP contribution >= 0.6 is 24.0 Å². The Labute approximate surface area is 184 Å². The second kappa shape index (κ2) is 13.2. The molecule has 1 aromatic carbocycles. The molecule has 6 nitrogen and oxygen atoms in total. The van der Waals surface area contributed by atoms with E-state index in [4.69, 9.17) is 4.42 Å². The summed E-state index contributed by atoms with van der Waals surface area (Å²) in [5, 5.41) is 9.56. The number of guanidine groups is 1. The van der Waals surface area contributed by atoms with Gasteiger partial charge in [0.25, 0.3) is 5.91 Å². The van der Waals surface area contributed by atoms with E-state index in [0.717, 1.165) is 23.6 Å². The first-order valence-corrected chi connectivity index (χ1v) is 9.53. The van der Waals surface area contributed by atoms with Crippen molar-refractivity contribution in [3.63, 3.8) is 0 Å². The van der Waals surface area contributed by atoms with Gasteiger partial charge in [-0.2, -0.15) is 0 Å². The van der Waals surface area contributed by atoms with Crippen molar-refractivity contribution in [1.29, 1.82) is 0 Å². The maximum absolute atomic E-state index is 12.0. The normalized spacial score (nSPS) is 12.0. The van der Waals surface area contributed by atoms with Crippen LogP contribution in [0.3, 0.4) is 0 Å². The fraction of sp³-hybridized carbons (Fsp3) is 0.429. The third kappa shape index (κ3) is 8.33. The van der Waals surface area contributed by atoms with Crippen LogP contribution in [-0.2, 0) is 6.54 Å². The first kappa shape index (κ1) is 24.0. The van der Waals surface area contributed by atoms with Crippen LogP contribution in [0, 0.1) is 0 Å². The molecule has 0 fully saturated rings. The number of furan rings is 1. The monoisotopic (exact) mass is 498 g/mol. The Morgan fingerprint density at radius 2 is 1.93 bits per heavy atom. The van der Waals surface area contributed by atoms with Crippen LogP contribution in [0.25, 0.3) is 0 Å². The van der Waals surface area contributed by atoms with Crippen molar-refractivity contribution < 1.29 is 9.21 Å². The Bertz CT molecular complexity index is 715. The lowest BCUT2D eigenvalue weighted by atomic mass is 10.1. The molecule has 3 N–H and O–H groups in total. The van der Waals surface area contributed by atoms with Gasteiger partial charge in [-0.05, 0) is 43.2 Å². The third-order valence-electron chi connectivity index (χ3n) is 4.26. The quantitative estimate of drug-likeness (QED) is 0.201. The SMILES string of the molecule is CCCCCC(C)NC(=NC)NCc1ccc(NC(=O)c2ccco2)cc1.I. The van der Waals surface area contributed by atoms with Gasteiger partial charge in [0.2, 0.25) is 0 Å². The summed E-state index contributed by atoms with van der Waals surface area (Å²) < 4.78 is 5.09. The summed E-state index contributed by atoms with van der Waals surface area (Å²) >= 11 is 0. The van der Waals surface area contributed by atoms with E-state index in [1.54, 1.807) is 19.2 Å². The predicted octanol–water partition coefficient (Wildman–Crippen LogP) is 4.78. The van der Waals surface area contributed by atoms with Gasteiger partial charge in [0.05, 0.1) is 6.26 Å². The summed E-state index contributed by atoms with van der Waals surface area (Å²) in [7, 11) is 1.78. The molecule has 0 bridgehead atoms. The van der Waals surface area contributed by atoms with E-state index in [-0.39, 0.29) is 29.9 Å². The minimum absolute atomic E-state index is 0. The first-order valence-electron chi connectivity index (χ1n) is 9.53. The van der Waals surface area contributed by atoms with E-state index in [9.17, 15) is 4.79 Å². The van der Waals surface area contributed by atoms with Crippen molar-refractivity contribution in [2.24, 2.45) is 4.99 Å². The van der Waals surface area contributed by atoms with Crippen molar-refractivity contribution in [2.75, 3.05) is 12.4 Å². The molecule has 2 rings (SSSR count). The number of unbranched alkanes of at least 4 members (excludes halogenated alkanes) is 2. The van der Waals surface area contributed by atoms with E-state index in [0.29, 0.717) is 18.3 Å². The average molecular weight is 498 g/mol. The second-order valence-electron chi connectivity index (χ2n) is 6.60. The lowest BCUT2D eigenvalue weighted by Gasteiger charge is -2.18. The second-order valence-corrected chi connectivity index (χ2v) is 6.60. The summed E-state index contributed by atoms with van der Waals surface area (Å²) in [4.78, 5) is 16.3. The fourth-order valence-corrected chi connectivity index (χ4v) is 2.69. The van der Waals surface area contributed by atoms with Gasteiger partial charge >= 0.3 is 0 Å². The molecule has 0 saturated heterocycles. The molecular weight excluding hydrogens is 467 g/mol. The van der Waals surface area contributed by atoms with Crippen molar-refractivity contribution in [1.82, 2.24) is 10.6 Å². The van der Waals surface area contributed by atoms with Crippen LogP contribution in [0.5, 0.6) is 0 Å². The molecule has 0 aliphatic carbocycles. The number of aliphatic imine (C=N–C) groups is 1. The molecule has 1 aromatic heterocycles. The summed E-state index contributed by atoms with van der Waals surface area (Å²) in [6.45, 7) is 5.05. The highest BCUT2D eigenvalue weighted by atomic mass is 127. The summed E-state index contributed by atoms with van der Waals surface area (Å²) in [6.07, 6.45) is 6.35. The van der Waals surface area contributed by atoms with Gasteiger partial charge in [-0.1, -0.05) is 38.3 Å². The molecule has 1 amide bonds. The topological polar surface area (TPSA) is 78.7 Å². The van der Waals surface area contributed by atoms with Crippen LogP contribution in [-0.4, -0.2) is 25.0 Å². The highest BCUT2D eigenvalue weighted by Crippen LogP contribution is 2.12. The molecule has 1 unspecified atom stereocenters. The number of benzene rings is 1. The Kier molecular flexibility index (Phi) is 11.3. The van der Waals surface area contributed by atoms with Gasteiger partial charge in [0.1, 0.15) is 0 Å². The predicted molar refractivity (Wildman–Crippen MR) is 125 cm³/mol. The van der Waals surface area contributed by atoms with Gasteiger partial charge in [-0.15, -0.1) is 24.0 Å². The van der Waals surface area contributed by atoms with E-state index in [1.807, 2.05) is 24.3 Å². The fourth-order valence-electron chi connectivity index (χ4n) is 2.69. The highest BCUT2D eigenvalue weighted by molar-refractivity contribution is 14.0. The van der Waals surface area contributed by atoms with Crippen LogP contribution in [0.2, 0.25) is 0 Å². The number of anilines is 1. The largest absolute Gasteiger partial charge is 0.459 e. The molecule has 0 radical (unpaired) electrons. The zero-order valence-corrected chi connectivity index (χ0v) is 19.2. The molecule has 1 atom stereocenters. The number of rotatable bonds is 9. The maximum atomic E-state index is 12.0. The van der Waals surface area contributed by atoms with Crippen LogP contribution in [0.4, 0.5) is 5.69 Å². The highest BCUT2D eigenvalue weighted by Gasteiger charge is 2.09. The molecule has 0 aliphatic rings. The Hall–Kier alpha value is -2.03. The number of hydrogen-bond acceptors (Lipinski definition) is 3. The summed E-state index contributed by atoms with van der Waals surface area (Å²) in [6, 6.07) is 11.4. The number of halogens is 1. The van der Waals surface area contributed by atoms with Gasteiger partial charge in [-0.3, -0.25) is 9.79 Å². The number of nitrogens with zero attached hydrogens (tertiary/aromatic N) is 1. The zero-order valence-electron chi connectivity index (χ0n) is 16.8. The third-order valence-corrected chi connectivity index (χ3v) is 4.26. The van der Waals surface area contributed by atoms with E-state index in [2.05, 4.69) is 34.8 Å². The number of nitrogens with one attached hydrogen (secondary N) is 3. The smallest absolute Gasteiger partial charge is 0.291 e. The molecule has 0 aliphatic heterocycles. The number of carbonyl (C=O) groups excluding carboxylic acids is 1. The van der Waals surface area contributed by atoms with E-state index < -0.39 is 0 Å². The van der Waals surface area contributed by atoms with Gasteiger partial charge in [0, 0.05) is 25.3 Å². The van der Waals surface area contributed by atoms with E-state index >= 15 is 0 Å². The van der Waals surface area contributed by atoms with Crippen LogP contribution in [0.1, 0.15) is 55.6 Å². The Morgan fingerprint density at radius 3 is 2.54 bits per heavy atom. The maximum Gasteiger partial charge on any atom is 0.291 e. The minimum atomic E-state index is -0.257. The lowest BCUT2D eigenvalue weighted by Crippen LogP contribution is -2.41. The molecule has 0 saturated carbocycles. The molecule has 7 heteroatoms. The Balaban J connectivity index is 0.00000392. The number of amides is 1. The Morgan fingerprint density at radius 1 is 1.18 bits per heavy atom.